The molecule has 2 atom stereocenters. The van der Waals surface area contributed by atoms with Gasteiger partial charge in [-0.3, -0.25) is 18.7 Å². The van der Waals surface area contributed by atoms with E-state index >= 15 is 0 Å². The number of nitrogens with two attached hydrogens (primary N) is 2. The molecular formula is C18H24N6O6. The highest BCUT2D eigenvalue weighted by atomic mass is 16.4. The number of anilines is 2. The zero-order chi connectivity index (χ0) is 22.3. The second-order valence-electron chi connectivity index (χ2n) is 6.93. The van der Waals surface area contributed by atoms with Crippen molar-refractivity contribution >= 4 is 23.6 Å². The third-order valence-corrected chi connectivity index (χ3v) is 4.68. The van der Waals surface area contributed by atoms with Crippen molar-refractivity contribution in [3.63, 3.8) is 0 Å². The second kappa shape index (κ2) is 10.2. The molecule has 2 aromatic heterocycles. The molecule has 12 heteroatoms. The Labute approximate surface area is 170 Å². The molecule has 0 saturated carbocycles. The fourth-order valence-corrected chi connectivity index (χ4v) is 3.00. The van der Waals surface area contributed by atoms with Gasteiger partial charge in [-0.25, -0.2) is 9.59 Å². The molecule has 12 nitrogen and oxygen atoms in total. The molecule has 0 aliphatic carbocycles. The lowest BCUT2D eigenvalue weighted by Crippen LogP contribution is -2.30. The maximum atomic E-state index is 11.8. The van der Waals surface area contributed by atoms with E-state index in [0.29, 0.717) is 12.8 Å². The highest BCUT2D eigenvalue weighted by molar-refractivity contribution is 5.70. The SMILES string of the molecule is Nc1ccn(CC(CCCCC(Cn2ccc(N)nc2=O)C(=O)O)C(=O)O)c(=O)n1. The summed E-state index contributed by atoms with van der Waals surface area (Å²) in [4.78, 5) is 53.7. The number of carboxylic acids is 2. The van der Waals surface area contributed by atoms with Gasteiger partial charge in [0.25, 0.3) is 0 Å². The van der Waals surface area contributed by atoms with E-state index in [2.05, 4.69) is 9.97 Å². The normalized spacial score (nSPS) is 12.9. The van der Waals surface area contributed by atoms with Crippen molar-refractivity contribution in [2.45, 2.75) is 38.8 Å². The van der Waals surface area contributed by atoms with Crippen molar-refractivity contribution in [3.05, 3.63) is 45.5 Å². The van der Waals surface area contributed by atoms with Crippen LogP contribution in [0.25, 0.3) is 0 Å². The zero-order valence-corrected chi connectivity index (χ0v) is 16.2. The molecule has 0 spiro atoms. The third kappa shape index (κ3) is 6.43. The first-order valence-corrected chi connectivity index (χ1v) is 9.29. The average Bonchev–Trinajstić information content (AvgIpc) is 2.66. The predicted octanol–water partition coefficient (Wildman–Crippen LogP) is -0.373. The lowest BCUT2D eigenvalue weighted by molar-refractivity contribution is -0.144. The summed E-state index contributed by atoms with van der Waals surface area (Å²) in [5.41, 5.74) is 9.58. The van der Waals surface area contributed by atoms with E-state index < -0.39 is 35.2 Å². The first-order chi connectivity index (χ1) is 14.2. The molecule has 2 rings (SSSR count). The molecule has 0 aliphatic rings. The predicted molar refractivity (Wildman–Crippen MR) is 107 cm³/mol. The number of unbranched alkanes of at least 4 members (excludes halogenated alkanes) is 1. The Bertz CT molecular complexity index is 935. The number of rotatable bonds is 11. The van der Waals surface area contributed by atoms with Gasteiger partial charge in [-0.05, 0) is 25.0 Å². The van der Waals surface area contributed by atoms with Gasteiger partial charge >= 0.3 is 23.3 Å². The summed E-state index contributed by atoms with van der Waals surface area (Å²) in [7, 11) is 0. The van der Waals surface area contributed by atoms with Crippen LogP contribution in [0.5, 0.6) is 0 Å². The Morgan fingerprint density at radius 2 is 1.20 bits per heavy atom. The lowest BCUT2D eigenvalue weighted by Gasteiger charge is -2.16. The number of nitrogen functional groups attached to an aromatic ring is 2. The van der Waals surface area contributed by atoms with Gasteiger partial charge in [-0.1, -0.05) is 12.8 Å². The summed E-state index contributed by atoms with van der Waals surface area (Å²) in [6.45, 7) is -0.118. The van der Waals surface area contributed by atoms with E-state index in [4.69, 9.17) is 11.5 Å². The van der Waals surface area contributed by atoms with Crippen LogP contribution in [0, 0.1) is 11.8 Å². The molecule has 0 saturated heterocycles. The van der Waals surface area contributed by atoms with Crippen LogP contribution in [0.2, 0.25) is 0 Å². The molecule has 0 radical (unpaired) electrons. The van der Waals surface area contributed by atoms with Gasteiger partial charge in [0.1, 0.15) is 11.6 Å². The topological polar surface area (TPSA) is 196 Å². The number of carboxylic acid groups (broad SMARTS) is 2. The molecule has 2 unspecified atom stereocenters. The first kappa shape index (κ1) is 22.6. The van der Waals surface area contributed by atoms with Crippen molar-refractivity contribution in [2.75, 3.05) is 11.5 Å². The van der Waals surface area contributed by atoms with Crippen LogP contribution >= 0.6 is 0 Å². The first-order valence-electron chi connectivity index (χ1n) is 9.29. The summed E-state index contributed by atoms with van der Waals surface area (Å²) in [6.07, 6.45) is 4.15. The maximum absolute atomic E-state index is 11.8. The van der Waals surface area contributed by atoms with Crippen LogP contribution in [0.4, 0.5) is 11.6 Å². The highest BCUT2D eigenvalue weighted by Crippen LogP contribution is 2.17. The van der Waals surface area contributed by atoms with E-state index in [0.717, 1.165) is 0 Å². The molecule has 0 bridgehead atoms. The number of hydrogen-bond donors (Lipinski definition) is 4. The number of aromatic nitrogens is 4. The van der Waals surface area contributed by atoms with Crippen molar-refractivity contribution < 1.29 is 19.8 Å². The van der Waals surface area contributed by atoms with Crippen molar-refractivity contribution in [3.8, 4) is 0 Å². The molecule has 0 aromatic carbocycles. The van der Waals surface area contributed by atoms with Crippen molar-refractivity contribution in [1.29, 1.82) is 0 Å². The Hall–Kier alpha value is -3.70. The van der Waals surface area contributed by atoms with E-state index in [1.165, 1.54) is 33.7 Å². The Balaban J connectivity index is 1.91. The number of nitrogens with zero attached hydrogens (tertiary/aromatic N) is 4. The molecule has 0 amide bonds. The number of aliphatic carboxylic acids is 2. The van der Waals surface area contributed by atoms with Crippen molar-refractivity contribution in [1.82, 2.24) is 19.1 Å². The quantitative estimate of drug-likeness (QED) is 0.348. The minimum atomic E-state index is -1.06. The average molecular weight is 420 g/mol. The smallest absolute Gasteiger partial charge is 0.349 e. The minimum Gasteiger partial charge on any atom is -0.481 e. The fourth-order valence-electron chi connectivity index (χ4n) is 3.00. The minimum absolute atomic E-state index is 0.0539. The van der Waals surface area contributed by atoms with E-state index in [-0.39, 0.29) is 37.6 Å². The van der Waals surface area contributed by atoms with E-state index in [1.54, 1.807) is 0 Å². The van der Waals surface area contributed by atoms with Crippen LogP contribution in [0.1, 0.15) is 25.7 Å². The van der Waals surface area contributed by atoms with Crippen molar-refractivity contribution in [2.24, 2.45) is 11.8 Å². The Kier molecular flexibility index (Phi) is 7.67. The van der Waals surface area contributed by atoms with Gasteiger partial charge in [-0.15, -0.1) is 0 Å². The van der Waals surface area contributed by atoms with Gasteiger partial charge < -0.3 is 21.7 Å². The van der Waals surface area contributed by atoms with Crippen LogP contribution in [0.3, 0.4) is 0 Å². The monoisotopic (exact) mass is 420 g/mol. The highest BCUT2D eigenvalue weighted by Gasteiger charge is 2.21. The molecule has 6 N–H and O–H groups in total. The molecule has 2 heterocycles. The number of hydrogen-bond acceptors (Lipinski definition) is 8. The van der Waals surface area contributed by atoms with E-state index in [1.807, 2.05) is 0 Å². The van der Waals surface area contributed by atoms with Gasteiger partial charge in [0, 0.05) is 25.5 Å². The summed E-state index contributed by atoms with van der Waals surface area (Å²) in [6, 6.07) is 2.82. The number of carbonyl (C=O) groups is 2. The largest absolute Gasteiger partial charge is 0.481 e. The molecule has 30 heavy (non-hydrogen) atoms. The summed E-state index contributed by atoms with van der Waals surface area (Å²) in [5, 5.41) is 18.8. The maximum Gasteiger partial charge on any atom is 0.349 e. The zero-order valence-electron chi connectivity index (χ0n) is 16.2. The lowest BCUT2D eigenvalue weighted by atomic mass is 9.97. The summed E-state index contributed by atoms with van der Waals surface area (Å²) in [5.74, 6) is -3.68. The molecule has 2 aromatic rings. The Morgan fingerprint density at radius 3 is 1.50 bits per heavy atom. The van der Waals surface area contributed by atoms with Crippen LogP contribution < -0.4 is 22.8 Å². The molecular weight excluding hydrogens is 396 g/mol. The van der Waals surface area contributed by atoms with Gasteiger partial charge in [0.2, 0.25) is 0 Å². The van der Waals surface area contributed by atoms with Crippen LogP contribution in [0.15, 0.2) is 34.1 Å². The Morgan fingerprint density at radius 1 is 0.833 bits per heavy atom. The standard InChI is InChI=1S/C18H24N6O6/c19-13-5-7-23(17(29)21-13)9-11(15(25)26)3-1-2-4-12(16(27)28)10-24-8-6-14(20)22-18(24)30/h5-8,11-12H,1-4,9-10H2,(H,25,26)(H,27,28)(H2,19,21,29)(H2,20,22,30). The summed E-state index contributed by atoms with van der Waals surface area (Å²) >= 11 is 0. The molecule has 0 aliphatic heterocycles. The third-order valence-electron chi connectivity index (χ3n) is 4.68. The van der Waals surface area contributed by atoms with E-state index in [9.17, 15) is 29.4 Å². The van der Waals surface area contributed by atoms with Gasteiger partial charge in [0.05, 0.1) is 11.8 Å². The molecule has 0 fully saturated rings. The summed E-state index contributed by atoms with van der Waals surface area (Å²) < 4.78 is 2.35. The van der Waals surface area contributed by atoms with Gasteiger partial charge in [-0.2, -0.15) is 9.97 Å². The van der Waals surface area contributed by atoms with Crippen LogP contribution in [-0.2, 0) is 22.7 Å². The van der Waals surface area contributed by atoms with Crippen LogP contribution in [-0.4, -0.2) is 41.3 Å². The second-order valence-corrected chi connectivity index (χ2v) is 6.93. The van der Waals surface area contributed by atoms with Gasteiger partial charge in [0.15, 0.2) is 0 Å². The fraction of sp³-hybridized carbons (Fsp3) is 0.444. The molecule has 162 valence electrons.